The van der Waals surface area contributed by atoms with Crippen molar-refractivity contribution in [1.82, 2.24) is 14.8 Å². The van der Waals surface area contributed by atoms with Gasteiger partial charge in [-0.1, -0.05) is 11.6 Å². The van der Waals surface area contributed by atoms with Gasteiger partial charge in [-0.05, 0) is 32.0 Å². The summed E-state index contributed by atoms with van der Waals surface area (Å²) in [6.45, 7) is 3.89. The van der Waals surface area contributed by atoms with Crippen molar-refractivity contribution >= 4 is 34.0 Å². The van der Waals surface area contributed by atoms with Crippen molar-refractivity contribution in [2.24, 2.45) is 0 Å². The zero-order valence-corrected chi connectivity index (χ0v) is 15.0. The van der Waals surface area contributed by atoms with E-state index in [9.17, 15) is 9.18 Å². The summed E-state index contributed by atoms with van der Waals surface area (Å²) in [6.07, 6.45) is 1.61. The van der Waals surface area contributed by atoms with Crippen molar-refractivity contribution in [3.63, 3.8) is 0 Å². The average molecular weight is 381 g/mol. The van der Waals surface area contributed by atoms with Crippen LogP contribution < -0.4 is 10.1 Å². The molecule has 0 saturated heterocycles. The molecule has 1 amide bonds. The number of carbonyl (C=O) groups is 1. The highest BCUT2D eigenvalue weighted by molar-refractivity contribution is 7.15. The number of anilines is 1. The lowest BCUT2D eigenvalue weighted by molar-refractivity contribution is 0.102. The molecule has 0 unspecified atom stereocenters. The van der Waals surface area contributed by atoms with Gasteiger partial charge in [-0.2, -0.15) is 5.10 Å². The van der Waals surface area contributed by atoms with Crippen molar-refractivity contribution in [3.05, 3.63) is 57.6 Å². The van der Waals surface area contributed by atoms with Crippen LogP contribution in [0.3, 0.4) is 0 Å². The molecule has 0 radical (unpaired) electrons. The van der Waals surface area contributed by atoms with Gasteiger partial charge in [-0.25, -0.2) is 14.1 Å². The van der Waals surface area contributed by atoms with Crippen LogP contribution in [0, 0.1) is 19.7 Å². The fraction of sp³-hybridized carbons (Fsp3) is 0.188. The van der Waals surface area contributed by atoms with Gasteiger partial charge in [-0.15, -0.1) is 11.3 Å². The number of nitrogens with one attached hydrogen (secondary N) is 1. The van der Waals surface area contributed by atoms with Gasteiger partial charge in [-0.3, -0.25) is 10.1 Å². The van der Waals surface area contributed by atoms with E-state index in [1.807, 2.05) is 13.8 Å². The first-order valence-corrected chi connectivity index (χ1v) is 8.48. The number of aryl methyl sites for hydroxylation is 2. The number of halogens is 2. The third kappa shape index (κ3) is 4.15. The van der Waals surface area contributed by atoms with Gasteiger partial charge < -0.3 is 4.74 Å². The molecule has 0 aliphatic heterocycles. The second-order valence-electron chi connectivity index (χ2n) is 5.20. The maximum absolute atomic E-state index is 13.1. The number of amides is 1. The number of benzene rings is 1. The smallest absolute Gasteiger partial charge is 0.277 e. The van der Waals surface area contributed by atoms with Crippen molar-refractivity contribution in [1.29, 1.82) is 0 Å². The van der Waals surface area contributed by atoms with Crippen LogP contribution in [0.15, 0.2) is 30.5 Å². The van der Waals surface area contributed by atoms with Gasteiger partial charge in [0.2, 0.25) is 0 Å². The standard InChI is InChI=1S/C16H14ClFN4O2S/c1-9-10(2)25-16(19-9)20-15(23)14-5-6-22(21-14)8-24-11-3-4-13(18)12(17)7-11/h3-7H,8H2,1-2H3,(H,19,20,23). The van der Waals surface area contributed by atoms with E-state index in [1.165, 1.54) is 34.2 Å². The Labute approximate surface area is 152 Å². The Kier molecular flexibility index (Phi) is 5.00. The summed E-state index contributed by atoms with van der Waals surface area (Å²) >= 11 is 7.10. The Morgan fingerprint density at radius 2 is 2.20 bits per heavy atom. The lowest BCUT2D eigenvalue weighted by atomic mass is 10.3. The summed E-state index contributed by atoms with van der Waals surface area (Å²) in [5.41, 5.74) is 1.13. The zero-order valence-electron chi connectivity index (χ0n) is 13.4. The number of ether oxygens (including phenoxy) is 1. The molecule has 3 rings (SSSR count). The van der Waals surface area contributed by atoms with Gasteiger partial charge >= 0.3 is 0 Å². The molecule has 3 aromatic rings. The predicted molar refractivity (Wildman–Crippen MR) is 93.8 cm³/mol. The zero-order chi connectivity index (χ0) is 18.0. The Bertz CT molecular complexity index is 905. The lowest BCUT2D eigenvalue weighted by Gasteiger charge is -2.06. The lowest BCUT2D eigenvalue weighted by Crippen LogP contribution is -2.14. The van der Waals surface area contributed by atoms with E-state index in [4.69, 9.17) is 16.3 Å². The Balaban J connectivity index is 1.61. The highest BCUT2D eigenvalue weighted by Crippen LogP contribution is 2.22. The van der Waals surface area contributed by atoms with E-state index in [0.29, 0.717) is 10.9 Å². The van der Waals surface area contributed by atoms with E-state index in [-0.39, 0.29) is 23.4 Å². The van der Waals surface area contributed by atoms with Crippen LogP contribution >= 0.6 is 22.9 Å². The molecule has 2 heterocycles. The van der Waals surface area contributed by atoms with Gasteiger partial charge in [0, 0.05) is 17.1 Å². The number of nitrogens with zero attached hydrogens (tertiary/aromatic N) is 3. The van der Waals surface area contributed by atoms with Crippen LogP contribution in [-0.2, 0) is 6.73 Å². The SMILES string of the molecule is Cc1nc(NC(=O)c2ccn(COc3ccc(F)c(Cl)c3)n2)sc1C. The van der Waals surface area contributed by atoms with Gasteiger partial charge in [0.25, 0.3) is 5.91 Å². The highest BCUT2D eigenvalue weighted by atomic mass is 35.5. The normalized spacial score (nSPS) is 10.7. The summed E-state index contributed by atoms with van der Waals surface area (Å²) < 4.78 is 20.0. The van der Waals surface area contributed by atoms with Crippen LogP contribution in [0.5, 0.6) is 5.75 Å². The average Bonchev–Trinajstić information content (AvgIpc) is 3.16. The van der Waals surface area contributed by atoms with Crippen molar-refractivity contribution in [2.45, 2.75) is 20.6 Å². The predicted octanol–water partition coefficient (Wildman–Crippen LogP) is 4.04. The van der Waals surface area contributed by atoms with Gasteiger partial charge in [0.05, 0.1) is 10.7 Å². The number of carbonyl (C=O) groups excluding carboxylic acids is 1. The molecule has 130 valence electrons. The van der Waals surface area contributed by atoms with Crippen molar-refractivity contribution in [2.75, 3.05) is 5.32 Å². The van der Waals surface area contributed by atoms with Gasteiger partial charge in [0.1, 0.15) is 11.6 Å². The highest BCUT2D eigenvalue weighted by Gasteiger charge is 2.13. The van der Waals surface area contributed by atoms with E-state index in [0.717, 1.165) is 10.6 Å². The summed E-state index contributed by atoms with van der Waals surface area (Å²) in [6, 6.07) is 5.63. The molecule has 9 heteroatoms. The quantitative estimate of drug-likeness (QED) is 0.725. The second-order valence-corrected chi connectivity index (χ2v) is 6.81. The number of rotatable bonds is 5. The third-order valence-corrected chi connectivity index (χ3v) is 4.65. The number of thiazole rings is 1. The minimum Gasteiger partial charge on any atom is -0.471 e. The molecule has 0 aliphatic rings. The van der Waals surface area contributed by atoms with Crippen LogP contribution in [0.25, 0.3) is 0 Å². The second kappa shape index (κ2) is 7.20. The largest absolute Gasteiger partial charge is 0.471 e. The molecular weight excluding hydrogens is 367 g/mol. The molecule has 0 bridgehead atoms. The molecule has 6 nitrogen and oxygen atoms in total. The number of hydrogen-bond donors (Lipinski definition) is 1. The molecule has 0 atom stereocenters. The molecule has 0 aliphatic carbocycles. The molecule has 1 N–H and O–H groups in total. The summed E-state index contributed by atoms with van der Waals surface area (Å²) in [7, 11) is 0. The van der Waals surface area contributed by atoms with Crippen molar-refractivity contribution < 1.29 is 13.9 Å². The fourth-order valence-corrected chi connectivity index (χ4v) is 2.93. The Morgan fingerprint density at radius 1 is 1.40 bits per heavy atom. The number of aromatic nitrogens is 3. The summed E-state index contributed by atoms with van der Waals surface area (Å²) in [5.74, 6) is -0.460. The van der Waals surface area contributed by atoms with E-state index >= 15 is 0 Å². The Hall–Kier alpha value is -2.45. The van der Waals surface area contributed by atoms with E-state index in [1.54, 1.807) is 12.3 Å². The fourth-order valence-electron chi connectivity index (χ4n) is 1.95. The van der Waals surface area contributed by atoms with E-state index < -0.39 is 5.82 Å². The van der Waals surface area contributed by atoms with Crippen LogP contribution in [0.1, 0.15) is 21.1 Å². The molecular formula is C16H14ClFN4O2S. The maximum atomic E-state index is 13.1. The number of hydrogen-bond acceptors (Lipinski definition) is 5. The summed E-state index contributed by atoms with van der Waals surface area (Å²) in [4.78, 5) is 17.5. The van der Waals surface area contributed by atoms with Gasteiger partial charge in [0.15, 0.2) is 17.6 Å². The van der Waals surface area contributed by atoms with Crippen molar-refractivity contribution in [3.8, 4) is 5.75 Å². The monoisotopic (exact) mass is 380 g/mol. The topological polar surface area (TPSA) is 69.0 Å². The third-order valence-electron chi connectivity index (χ3n) is 3.38. The van der Waals surface area contributed by atoms with Crippen LogP contribution in [-0.4, -0.2) is 20.7 Å². The Morgan fingerprint density at radius 3 is 2.88 bits per heavy atom. The molecule has 0 fully saturated rings. The first kappa shape index (κ1) is 17.4. The molecule has 0 spiro atoms. The first-order valence-electron chi connectivity index (χ1n) is 7.29. The molecule has 0 saturated carbocycles. The molecule has 25 heavy (non-hydrogen) atoms. The summed E-state index contributed by atoms with van der Waals surface area (Å²) in [5, 5.41) is 7.37. The minimum atomic E-state index is -0.514. The van der Waals surface area contributed by atoms with Crippen LogP contribution in [0.4, 0.5) is 9.52 Å². The molecule has 1 aromatic carbocycles. The van der Waals surface area contributed by atoms with Crippen LogP contribution in [0.2, 0.25) is 5.02 Å². The van der Waals surface area contributed by atoms with E-state index in [2.05, 4.69) is 15.4 Å². The maximum Gasteiger partial charge on any atom is 0.277 e. The molecule has 2 aromatic heterocycles. The minimum absolute atomic E-state index is 0.0212. The first-order chi connectivity index (χ1) is 11.9.